The molecule has 0 aromatic carbocycles. The first-order valence-corrected chi connectivity index (χ1v) is 8.19. The molecule has 2 amide bonds. The van der Waals surface area contributed by atoms with E-state index in [1.165, 1.54) is 19.3 Å². The van der Waals surface area contributed by atoms with E-state index in [2.05, 4.69) is 15.6 Å². The number of nitrogens with zero attached hydrogens (tertiary/aromatic N) is 1. The van der Waals surface area contributed by atoms with Crippen molar-refractivity contribution in [1.82, 2.24) is 15.6 Å². The second kappa shape index (κ2) is 9.18. The van der Waals surface area contributed by atoms with Gasteiger partial charge in [-0.25, -0.2) is 0 Å². The second-order valence-corrected chi connectivity index (χ2v) is 5.89. The summed E-state index contributed by atoms with van der Waals surface area (Å²) in [7, 11) is 0. The topological polar surface area (TPSA) is 71.1 Å². The molecule has 0 saturated heterocycles. The summed E-state index contributed by atoms with van der Waals surface area (Å²) in [5.41, 5.74) is 1.13. The summed E-state index contributed by atoms with van der Waals surface area (Å²) in [5.74, 6) is -0.143. The highest BCUT2D eigenvalue weighted by Crippen LogP contribution is 2.17. The number of aryl methyl sites for hydroxylation is 1. The molecular formula is C17H25N3O2. The van der Waals surface area contributed by atoms with Crippen LogP contribution < -0.4 is 10.6 Å². The highest BCUT2D eigenvalue weighted by molar-refractivity contribution is 5.84. The molecule has 2 rings (SSSR count). The van der Waals surface area contributed by atoms with Gasteiger partial charge in [-0.15, -0.1) is 0 Å². The Morgan fingerprint density at radius 1 is 1.18 bits per heavy atom. The molecular weight excluding hydrogens is 278 g/mol. The normalized spacial score (nSPS) is 15.3. The molecule has 5 heteroatoms. The summed E-state index contributed by atoms with van der Waals surface area (Å²) in [6.45, 7) is 0.0855. The summed E-state index contributed by atoms with van der Waals surface area (Å²) in [4.78, 5) is 27.5. The minimum Gasteiger partial charge on any atom is -0.352 e. The number of hydrogen-bond donors (Lipinski definition) is 2. The molecule has 0 aliphatic heterocycles. The van der Waals surface area contributed by atoms with E-state index in [1.54, 1.807) is 6.20 Å². The van der Waals surface area contributed by atoms with Crippen molar-refractivity contribution in [1.29, 1.82) is 0 Å². The highest BCUT2D eigenvalue weighted by Gasteiger charge is 2.15. The third kappa shape index (κ3) is 6.24. The lowest BCUT2D eigenvalue weighted by Crippen LogP contribution is -2.42. The van der Waals surface area contributed by atoms with Gasteiger partial charge in [0.1, 0.15) is 0 Å². The van der Waals surface area contributed by atoms with Gasteiger partial charge in [-0.3, -0.25) is 14.6 Å². The first kappa shape index (κ1) is 16.5. The van der Waals surface area contributed by atoms with Crippen LogP contribution in [0.4, 0.5) is 0 Å². The Kier molecular flexibility index (Phi) is 6.87. The van der Waals surface area contributed by atoms with Crippen LogP contribution in [-0.4, -0.2) is 29.4 Å². The number of pyridine rings is 1. The minimum absolute atomic E-state index is 0.0670. The van der Waals surface area contributed by atoms with Crippen LogP contribution in [0.5, 0.6) is 0 Å². The van der Waals surface area contributed by atoms with Gasteiger partial charge in [0.05, 0.1) is 6.54 Å². The number of amides is 2. The van der Waals surface area contributed by atoms with Crippen LogP contribution in [0.25, 0.3) is 0 Å². The lowest BCUT2D eigenvalue weighted by Gasteiger charge is -2.22. The van der Waals surface area contributed by atoms with Crippen molar-refractivity contribution in [3.8, 4) is 0 Å². The average molecular weight is 303 g/mol. The molecule has 5 nitrogen and oxygen atoms in total. The van der Waals surface area contributed by atoms with Crippen molar-refractivity contribution in [3.63, 3.8) is 0 Å². The number of rotatable bonds is 7. The van der Waals surface area contributed by atoms with Crippen LogP contribution in [0.3, 0.4) is 0 Å². The van der Waals surface area contributed by atoms with Gasteiger partial charge in [-0.2, -0.15) is 0 Å². The van der Waals surface area contributed by atoms with Gasteiger partial charge in [0.2, 0.25) is 11.8 Å². The molecule has 1 aliphatic rings. The van der Waals surface area contributed by atoms with Gasteiger partial charge in [0.15, 0.2) is 0 Å². The lowest BCUT2D eigenvalue weighted by molar-refractivity contribution is -0.126. The molecule has 0 spiro atoms. The Hall–Kier alpha value is -1.91. The number of nitrogens with one attached hydrogen (secondary N) is 2. The minimum atomic E-state index is -0.0764. The Morgan fingerprint density at radius 3 is 2.73 bits per heavy atom. The predicted octanol–water partition coefficient (Wildman–Crippen LogP) is 1.97. The van der Waals surface area contributed by atoms with Crippen molar-refractivity contribution in [2.24, 2.45) is 0 Å². The molecule has 0 bridgehead atoms. The van der Waals surface area contributed by atoms with Gasteiger partial charge in [-0.05, 0) is 37.3 Å². The molecule has 0 radical (unpaired) electrons. The Balaban J connectivity index is 1.56. The van der Waals surface area contributed by atoms with Crippen molar-refractivity contribution in [2.45, 2.75) is 57.4 Å². The third-order valence-corrected chi connectivity index (χ3v) is 4.01. The summed E-state index contributed by atoms with van der Waals surface area (Å²) < 4.78 is 0. The molecule has 0 unspecified atom stereocenters. The van der Waals surface area contributed by atoms with E-state index in [1.807, 2.05) is 18.3 Å². The first-order valence-electron chi connectivity index (χ1n) is 8.19. The Labute approximate surface area is 131 Å². The fraction of sp³-hybridized carbons (Fsp3) is 0.588. The van der Waals surface area contributed by atoms with Gasteiger partial charge >= 0.3 is 0 Å². The van der Waals surface area contributed by atoms with E-state index >= 15 is 0 Å². The predicted molar refractivity (Wildman–Crippen MR) is 85.2 cm³/mol. The molecule has 0 atom stereocenters. The SMILES string of the molecule is O=C(CCCc1cccnc1)NCC(=O)NC1CCCCC1. The number of carbonyl (C=O) groups excluding carboxylic acids is 2. The number of hydrogen-bond acceptors (Lipinski definition) is 3. The molecule has 1 fully saturated rings. The second-order valence-electron chi connectivity index (χ2n) is 5.89. The van der Waals surface area contributed by atoms with Crippen molar-refractivity contribution >= 4 is 11.8 Å². The van der Waals surface area contributed by atoms with Crippen molar-refractivity contribution in [3.05, 3.63) is 30.1 Å². The van der Waals surface area contributed by atoms with Crippen molar-refractivity contribution in [2.75, 3.05) is 6.54 Å². The quantitative estimate of drug-likeness (QED) is 0.809. The van der Waals surface area contributed by atoms with Crippen molar-refractivity contribution < 1.29 is 9.59 Å². The molecule has 1 aromatic heterocycles. The maximum absolute atomic E-state index is 11.8. The Bertz CT molecular complexity index is 470. The fourth-order valence-corrected chi connectivity index (χ4v) is 2.79. The molecule has 1 heterocycles. The Morgan fingerprint density at radius 2 is 2.00 bits per heavy atom. The molecule has 1 aliphatic carbocycles. The zero-order chi connectivity index (χ0) is 15.6. The van der Waals surface area contributed by atoms with E-state index in [0.717, 1.165) is 31.2 Å². The van der Waals surface area contributed by atoms with E-state index in [-0.39, 0.29) is 18.4 Å². The zero-order valence-corrected chi connectivity index (χ0v) is 13.0. The van der Waals surface area contributed by atoms with Gasteiger partial charge < -0.3 is 10.6 Å². The first-order chi connectivity index (χ1) is 10.7. The third-order valence-electron chi connectivity index (χ3n) is 4.01. The number of carbonyl (C=O) groups is 2. The van der Waals surface area contributed by atoms with Crippen LogP contribution in [0.15, 0.2) is 24.5 Å². The zero-order valence-electron chi connectivity index (χ0n) is 13.0. The maximum Gasteiger partial charge on any atom is 0.239 e. The maximum atomic E-state index is 11.8. The molecule has 2 N–H and O–H groups in total. The highest BCUT2D eigenvalue weighted by atomic mass is 16.2. The van der Waals surface area contributed by atoms with Gasteiger partial charge in [0.25, 0.3) is 0 Å². The fourth-order valence-electron chi connectivity index (χ4n) is 2.79. The van der Waals surface area contributed by atoms with Crippen LogP contribution in [0, 0.1) is 0 Å². The van der Waals surface area contributed by atoms with Gasteiger partial charge in [0, 0.05) is 24.9 Å². The summed E-state index contributed by atoms with van der Waals surface area (Å²) in [6.07, 6.45) is 11.3. The summed E-state index contributed by atoms with van der Waals surface area (Å²) in [6, 6.07) is 4.19. The largest absolute Gasteiger partial charge is 0.352 e. The molecule has 1 saturated carbocycles. The van der Waals surface area contributed by atoms with Crippen LogP contribution >= 0.6 is 0 Å². The molecule has 1 aromatic rings. The molecule has 22 heavy (non-hydrogen) atoms. The van der Waals surface area contributed by atoms with E-state index in [0.29, 0.717) is 12.5 Å². The number of aromatic nitrogens is 1. The molecule has 120 valence electrons. The van der Waals surface area contributed by atoms with Crippen LogP contribution in [-0.2, 0) is 16.0 Å². The smallest absolute Gasteiger partial charge is 0.239 e. The van der Waals surface area contributed by atoms with Crippen LogP contribution in [0.2, 0.25) is 0 Å². The van der Waals surface area contributed by atoms with E-state index in [9.17, 15) is 9.59 Å². The van der Waals surface area contributed by atoms with E-state index in [4.69, 9.17) is 0 Å². The average Bonchev–Trinajstić information content (AvgIpc) is 2.55. The van der Waals surface area contributed by atoms with Gasteiger partial charge in [-0.1, -0.05) is 25.3 Å². The lowest BCUT2D eigenvalue weighted by atomic mass is 9.95. The standard InChI is InChI=1S/C17H25N3O2/c21-16(10-4-6-14-7-5-11-18-12-14)19-13-17(22)20-15-8-2-1-3-9-15/h5,7,11-12,15H,1-4,6,8-10,13H2,(H,19,21)(H,20,22). The van der Waals surface area contributed by atoms with Crippen LogP contribution in [0.1, 0.15) is 50.5 Å². The monoisotopic (exact) mass is 303 g/mol. The van der Waals surface area contributed by atoms with E-state index < -0.39 is 0 Å². The summed E-state index contributed by atoms with van der Waals surface area (Å²) in [5, 5.41) is 5.69. The summed E-state index contributed by atoms with van der Waals surface area (Å²) >= 11 is 0.